The van der Waals surface area contributed by atoms with Gasteiger partial charge in [0.1, 0.15) is 12.4 Å². The highest BCUT2D eigenvalue weighted by Gasteiger charge is 2.17. The van der Waals surface area contributed by atoms with E-state index in [1.165, 1.54) is 12.1 Å². The zero-order valence-electron chi connectivity index (χ0n) is 13.9. The third-order valence-electron chi connectivity index (χ3n) is 4.11. The molecule has 1 aromatic carbocycles. The molecule has 0 saturated carbocycles. The second-order valence-corrected chi connectivity index (χ2v) is 6.06. The van der Waals surface area contributed by atoms with E-state index < -0.39 is 0 Å². The number of aromatic nitrogens is 1. The van der Waals surface area contributed by atoms with Gasteiger partial charge in [0.15, 0.2) is 11.5 Å². The van der Waals surface area contributed by atoms with Gasteiger partial charge < -0.3 is 19.3 Å². The highest BCUT2D eigenvalue weighted by molar-refractivity contribution is 5.92. The highest BCUT2D eigenvalue weighted by atomic mass is 19.1. The standard InChI is InChI=1S/C18H21FN2O4/c19-15-3-1-14(2-4-15)11-24-12-16-9-17(21-25-16)18(22)20-10-13-5-7-23-8-6-13/h1-4,9,13H,5-8,10-12H2,(H,20,22). The summed E-state index contributed by atoms with van der Waals surface area (Å²) in [6.45, 7) is 2.63. The van der Waals surface area contributed by atoms with E-state index in [-0.39, 0.29) is 24.0 Å². The second kappa shape index (κ2) is 8.73. The zero-order valence-corrected chi connectivity index (χ0v) is 13.9. The van der Waals surface area contributed by atoms with E-state index in [1.807, 2.05) is 0 Å². The van der Waals surface area contributed by atoms with Crippen LogP contribution in [0.3, 0.4) is 0 Å². The number of halogens is 1. The van der Waals surface area contributed by atoms with Crippen LogP contribution in [-0.2, 0) is 22.7 Å². The minimum Gasteiger partial charge on any atom is -0.381 e. The van der Waals surface area contributed by atoms with Crippen LogP contribution in [0.2, 0.25) is 0 Å². The first-order valence-corrected chi connectivity index (χ1v) is 8.34. The summed E-state index contributed by atoms with van der Waals surface area (Å²) in [7, 11) is 0. The molecule has 0 bridgehead atoms. The molecule has 0 unspecified atom stereocenters. The van der Waals surface area contributed by atoms with Gasteiger partial charge in [-0.15, -0.1) is 0 Å². The molecule has 1 aromatic heterocycles. The smallest absolute Gasteiger partial charge is 0.273 e. The lowest BCUT2D eigenvalue weighted by atomic mass is 10.0. The van der Waals surface area contributed by atoms with Crippen molar-refractivity contribution in [3.8, 4) is 0 Å². The Bertz CT molecular complexity index is 681. The fourth-order valence-corrected chi connectivity index (χ4v) is 2.62. The fourth-order valence-electron chi connectivity index (χ4n) is 2.62. The summed E-state index contributed by atoms with van der Waals surface area (Å²) in [5.74, 6) is 0.386. The summed E-state index contributed by atoms with van der Waals surface area (Å²) in [6.07, 6.45) is 1.92. The zero-order chi connectivity index (χ0) is 17.5. The Morgan fingerprint density at radius 1 is 1.24 bits per heavy atom. The van der Waals surface area contributed by atoms with Crippen molar-refractivity contribution in [1.29, 1.82) is 0 Å². The first-order valence-electron chi connectivity index (χ1n) is 8.34. The van der Waals surface area contributed by atoms with Crippen molar-refractivity contribution in [3.63, 3.8) is 0 Å². The molecule has 1 fully saturated rings. The molecule has 134 valence electrons. The monoisotopic (exact) mass is 348 g/mol. The van der Waals surface area contributed by atoms with Gasteiger partial charge in [-0.05, 0) is 36.5 Å². The van der Waals surface area contributed by atoms with Crippen LogP contribution in [0.15, 0.2) is 34.9 Å². The van der Waals surface area contributed by atoms with Crippen molar-refractivity contribution in [2.45, 2.75) is 26.1 Å². The largest absolute Gasteiger partial charge is 0.381 e. The normalized spacial score (nSPS) is 15.2. The predicted octanol–water partition coefficient (Wildman–Crippen LogP) is 2.69. The van der Waals surface area contributed by atoms with Crippen LogP contribution >= 0.6 is 0 Å². The summed E-state index contributed by atoms with van der Waals surface area (Å²) in [4.78, 5) is 12.1. The van der Waals surface area contributed by atoms with Gasteiger partial charge in [0.05, 0.1) is 6.61 Å². The summed E-state index contributed by atoms with van der Waals surface area (Å²) in [5, 5.41) is 6.65. The second-order valence-electron chi connectivity index (χ2n) is 6.06. The van der Waals surface area contributed by atoms with Crippen molar-refractivity contribution in [2.75, 3.05) is 19.8 Å². The maximum Gasteiger partial charge on any atom is 0.273 e. The van der Waals surface area contributed by atoms with Gasteiger partial charge in [-0.3, -0.25) is 4.79 Å². The molecule has 0 atom stereocenters. The number of rotatable bonds is 7. The fraction of sp³-hybridized carbons (Fsp3) is 0.444. The van der Waals surface area contributed by atoms with Gasteiger partial charge in [0, 0.05) is 25.8 Å². The lowest BCUT2D eigenvalue weighted by molar-refractivity contribution is 0.0641. The number of ether oxygens (including phenoxy) is 2. The minimum absolute atomic E-state index is 0.192. The first-order chi connectivity index (χ1) is 12.2. The maximum atomic E-state index is 12.8. The SMILES string of the molecule is O=C(NCC1CCOCC1)c1cc(COCc2ccc(F)cc2)on1. The van der Waals surface area contributed by atoms with Crippen LogP contribution < -0.4 is 5.32 Å². The van der Waals surface area contributed by atoms with Crippen molar-refractivity contribution in [1.82, 2.24) is 10.5 Å². The molecule has 2 aromatic rings. The molecule has 2 heterocycles. The molecule has 0 radical (unpaired) electrons. The predicted molar refractivity (Wildman–Crippen MR) is 87.3 cm³/mol. The Labute approximate surface area is 145 Å². The summed E-state index contributed by atoms with van der Waals surface area (Å²) >= 11 is 0. The van der Waals surface area contributed by atoms with Gasteiger partial charge in [-0.25, -0.2) is 4.39 Å². The Hall–Kier alpha value is -2.25. The van der Waals surface area contributed by atoms with Crippen molar-refractivity contribution in [2.24, 2.45) is 5.92 Å². The quantitative estimate of drug-likeness (QED) is 0.833. The van der Waals surface area contributed by atoms with E-state index in [9.17, 15) is 9.18 Å². The van der Waals surface area contributed by atoms with Gasteiger partial charge in [-0.2, -0.15) is 0 Å². The Morgan fingerprint density at radius 2 is 2.00 bits per heavy atom. The molecule has 3 rings (SSSR count). The average molecular weight is 348 g/mol. The maximum absolute atomic E-state index is 12.8. The topological polar surface area (TPSA) is 73.6 Å². The van der Waals surface area contributed by atoms with E-state index in [2.05, 4.69) is 10.5 Å². The third kappa shape index (κ3) is 5.37. The number of carbonyl (C=O) groups excluding carboxylic acids is 1. The Balaban J connectivity index is 1.41. The number of hydrogen-bond donors (Lipinski definition) is 1. The van der Waals surface area contributed by atoms with Gasteiger partial charge >= 0.3 is 0 Å². The summed E-state index contributed by atoms with van der Waals surface area (Å²) in [5.41, 5.74) is 1.10. The molecule has 7 heteroatoms. The van der Waals surface area contributed by atoms with Crippen LogP contribution in [0, 0.1) is 11.7 Å². The molecule has 0 aliphatic carbocycles. The number of nitrogens with zero attached hydrogens (tertiary/aromatic N) is 1. The van der Waals surface area contributed by atoms with Gasteiger partial charge in [0.25, 0.3) is 5.91 Å². The highest BCUT2D eigenvalue weighted by Crippen LogP contribution is 2.14. The molecule has 1 aliphatic heterocycles. The number of carbonyl (C=O) groups is 1. The molecule has 6 nitrogen and oxygen atoms in total. The molecule has 1 saturated heterocycles. The number of benzene rings is 1. The van der Waals surface area contributed by atoms with E-state index in [0.29, 0.717) is 24.8 Å². The lowest BCUT2D eigenvalue weighted by Gasteiger charge is -2.21. The number of hydrogen-bond acceptors (Lipinski definition) is 5. The van der Waals surface area contributed by atoms with Crippen molar-refractivity contribution in [3.05, 3.63) is 53.2 Å². The van der Waals surface area contributed by atoms with E-state index >= 15 is 0 Å². The van der Waals surface area contributed by atoms with Crippen molar-refractivity contribution < 1.29 is 23.2 Å². The Kier molecular flexibility index (Phi) is 6.14. The van der Waals surface area contributed by atoms with Crippen LogP contribution in [-0.4, -0.2) is 30.8 Å². The summed E-state index contributed by atoms with van der Waals surface area (Å²) in [6, 6.07) is 7.65. The van der Waals surface area contributed by atoms with E-state index in [0.717, 1.165) is 31.6 Å². The van der Waals surface area contributed by atoms with Crippen LogP contribution in [0.1, 0.15) is 34.7 Å². The van der Waals surface area contributed by atoms with Crippen molar-refractivity contribution >= 4 is 5.91 Å². The van der Waals surface area contributed by atoms with Crippen LogP contribution in [0.4, 0.5) is 4.39 Å². The first kappa shape index (κ1) is 17.6. The average Bonchev–Trinajstić information content (AvgIpc) is 3.11. The van der Waals surface area contributed by atoms with Gasteiger partial charge in [0.2, 0.25) is 0 Å². The molecular formula is C18H21FN2O4. The molecular weight excluding hydrogens is 327 g/mol. The third-order valence-corrected chi connectivity index (χ3v) is 4.11. The number of amides is 1. The Morgan fingerprint density at radius 3 is 2.76 bits per heavy atom. The van der Waals surface area contributed by atoms with E-state index in [4.69, 9.17) is 14.0 Å². The molecule has 1 aliphatic rings. The van der Waals surface area contributed by atoms with E-state index in [1.54, 1.807) is 18.2 Å². The molecule has 25 heavy (non-hydrogen) atoms. The van der Waals surface area contributed by atoms with Crippen LogP contribution in [0.25, 0.3) is 0 Å². The van der Waals surface area contributed by atoms with Crippen LogP contribution in [0.5, 0.6) is 0 Å². The number of nitrogens with one attached hydrogen (secondary N) is 1. The summed E-state index contributed by atoms with van der Waals surface area (Å²) < 4.78 is 28.7. The molecule has 1 N–H and O–H groups in total. The lowest BCUT2D eigenvalue weighted by Crippen LogP contribution is -2.32. The minimum atomic E-state index is -0.282. The van der Waals surface area contributed by atoms with Gasteiger partial charge in [-0.1, -0.05) is 17.3 Å². The molecule has 1 amide bonds. The molecule has 0 spiro atoms.